The van der Waals surface area contributed by atoms with Crippen molar-refractivity contribution >= 4 is 0 Å². The van der Waals surface area contributed by atoms with Gasteiger partial charge in [-0.1, -0.05) is 18.2 Å². The molecule has 0 aliphatic carbocycles. The molecule has 1 saturated heterocycles. The SMILES string of the molecule is CC1(C)CN(CCCOc2ccccc2CN)CCO1. The first kappa shape index (κ1) is 15.3. The van der Waals surface area contributed by atoms with E-state index in [-0.39, 0.29) is 5.60 Å². The van der Waals surface area contributed by atoms with E-state index in [4.69, 9.17) is 15.2 Å². The largest absolute Gasteiger partial charge is 0.493 e. The Kier molecular flexibility index (Phi) is 5.40. The van der Waals surface area contributed by atoms with E-state index in [1.807, 2.05) is 24.3 Å². The summed E-state index contributed by atoms with van der Waals surface area (Å²) >= 11 is 0. The highest BCUT2D eigenvalue weighted by atomic mass is 16.5. The van der Waals surface area contributed by atoms with E-state index in [2.05, 4.69) is 18.7 Å². The molecule has 1 fully saturated rings. The molecule has 0 bridgehead atoms. The Morgan fingerprint density at radius 2 is 2.15 bits per heavy atom. The van der Waals surface area contributed by atoms with Crippen molar-refractivity contribution in [2.45, 2.75) is 32.4 Å². The average molecular weight is 278 g/mol. The standard InChI is InChI=1S/C16H26N2O2/c1-16(2)13-18(9-11-20-16)8-5-10-19-15-7-4-3-6-14(15)12-17/h3-4,6-7H,5,8-13,17H2,1-2H3. The van der Waals surface area contributed by atoms with Crippen LogP contribution in [0.5, 0.6) is 5.75 Å². The molecule has 0 aromatic heterocycles. The van der Waals surface area contributed by atoms with Gasteiger partial charge in [0.2, 0.25) is 0 Å². The van der Waals surface area contributed by atoms with Crippen molar-refractivity contribution in [2.75, 3.05) is 32.8 Å². The molecule has 1 heterocycles. The third-order valence-corrected chi connectivity index (χ3v) is 3.57. The maximum absolute atomic E-state index is 5.83. The van der Waals surface area contributed by atoms with Crippen LogP contribution in [0.2, 0.25) is 0 Å². The van der Waals surface area contributed by atoms with Gasteiger partial charge in [0.1, 0.15) is 5.75 Å². The lowest BCUT2D eigenvalue weighted by Gasteiger charge is -2.38. The predicted molar refractivity (Wildman–Crippen MR) is 80.9 cm³/mol. The number of nitrogens with zero attached hydrogens (tertiary/aromatic N) is 1. The van der Waals surface area contributed by atoms with Crippen LogP contribution in [0.1, 0.15) is 25.8 Å². The zero-order valence-electron chi connectivity index (χ0n) is 12.6. The van der Waals surface area contributed by atoms with Crippen LogP contribution in [-0.4, -0.2) is 43.3 Å². The number of nitrogens with two attached hydrogens (primary N) is 1. The molecule has 0 spiro atoms. The van der Waals surface area contributed by atoms with Crippen molar-refractivity contribution in [3.63, 3.8) is 0 Å². The molecule has 112 valence electrons. The Morgan fingerprint density at radius 3 is 2.90 bits per heavy atom. The highest BCUT2D eigenvalue weighted by Crippen LogP contribution is 2.18. The number of ether oxygens (including phenoxy) is 2. The molecule has 1 aromatic rings. The summed E-state index contributed by atoms with van der Waals surface area (Å²) in [4.78, 5) is 2.45. The van der Waals surface area contributed by atoms with Crippen molar-refractivity contribution in [3.05, 3.63) is 29.8 Å². The summed E-state index contributed by atoms with van der Waals surface area (Å²) in [5, 5.41) is 0. The third kappa shape index (κ3) is 4.47. The zero-order valence-corrected chi connectivity index (χ0v) is 12.6. The number of para-hydroxylation sites is 1. The quantitative estimate of drug-likeness (QED) is 0.809. The van der Waals surface area contributed by atoms with E-state index >= 15 is 0 Å². The minimum absolute atomic E-state index is 0.0226. The highest BCUT2D eigenvalue weighted by Gasteiger charge is 2.26. The van der Waals surface area contributed by atoms with Crippen molar-refractivity contribution < 1.29 is 9.47 Å². The normalized spacial score (nSPS) is 18.9. The summed E-state index contributed by atoms with van der Waals surface area (Å²) in [5.41, 5.74) is 6.75. The lowest BCUT2D eigenvalue weighted by molar-refractivity contribution is -0.0864. The van der Waals surface area contributed by atoms with Gasteiger partial charge in [0, 0.05) is 31.7 Å². The van der Waals surface area contributed by atoms with Crippen LogP contribution in [0.4, 0.5) is 0 Å². The van der Waals surface area contributed by atoms with Crippen LogP contribution in [0.15, 0.2) is 24.3 Å². The Balaban J connectivity index is 1.71. The Morgan fingerprint density at radius 1 is 1.35 bits per heavy atom. The molecule has 1 aliphatic rings. The molecule has 0 radical (unpaired) electrons. The van der Waals surface area contributed by atoms with Crippen LogP contribution >= 0.6 is 0 Å². The molecule has 0 unspecified atom stereocenters. The second-order valence-corrected chi connectivity index (χ2v) is 5.90. The predicted octanol–water partition coefficient (Wildman–Crippen LogP) is 2.02. The first-order valence-corrected chi connectivity index (χ1v) is 7.38. The summed E-state index contributed by atoms with van der Waals surface area (Å²) in [5.74, 6) is 0.914. The number of benzene rings is 1. The van der Waals surface area contributed by atoms with Crippen LogP contribution in [-0.2, 0) is 11.3 Å². The van der Waals surface area contributed by atoms with Gasteiger partial charge < -0.3 is 15.2 Å². The van der Waals surface area contributed by atoms with Gasteiger partial charge in [-0.05, 0) is 26.3 Å². The van der Waals surface area contributed by atoms with E-state index in [1.165, 1.54) is 0 Å². The topological polar surface area (TPSA) is 47.7 Å². The van der Waals surface area contributed by atoms with Gasteiger partial charge in [-0.3, -0.25) is 4.90 Å². The van der Waals surface area contributed by atoms with Gasteiger partial charge in [0.25, 0.3) is 0 Å². The fourth-order valence-electron chi connectivity index (χ4n) is 2.59. The van der Waals surface area contributed by atoms with Crippen molar-refractivity contribution in [1.82, 2.24) is 4.90 Å². The summed E-state index contributed by atoms with van der Waals surface area (Å²) in [6.07, 6.45) is 1.02. The fourth-order valence-corrected chi connectivity index (χ4v) is 2.59. The summed E-state index contributed by atoms with van der Waals surface area (Å²) in [6, 6.07) is 7.98. The zero-order chi connectivity index (χ0) is 14.4. The van der Waals surface area contributed by atoms with E-state index in [1.54, 1.807) is 0 Å². The van der Waals surface area contributed by atoms with E-state index in [0.717, 1.165) is 50.6 Å². The van der Waals surface area contributed by atoms with E-state index < -0.39 is 0 Å². The summed E-state index contributed by atoms with van der Waals surface area (Å²) < 4.78 is 11.5. The maximum atomic E-state index is 5.83. The lowest BCUT2D eigenvalue weighted by Crippen LogP contribution is -2.48. The molecule has 0 amide bonds. The van der Waals surface area contributed by atoms with Crippen molar-refractivity contribution in [3.8, 4) is 5.75 Å². The minimum Gasteiger partial charge on any atom is -0.493 e. The number of rotatable bonds is 6. The van der Waals surface area contributed by atoms with Crippen molar-refractivity contribution in [2.24, 2.45) is 5.73 Å². The number of hydrogen-bond donors (Lipinski definition) is 1. The molecule has 2 N–H and O–H groups in total. The fraction of sp³-hybridized carbons (Fsp3) is 0.625. The van der Waals surface area contributed by atoms with Gasteiger partial charge in [-0.15, -0.1) is 0 Å². The van der Waals surface area contributed by atoms with Crippen LogP contribution in [0.3, 0.4) is 0 Å². The first-order valence-electron chi connectivity index (χ1n) is 7.38. The molecule has 2 rings (SSSR count). The number of morpholine rings is 1. The molecular weight excluding hydrogens is 252 g/mol. The highest BCUT2D eigenvalue weighted by molar-refractivity contribution is 5.32. The van der Waals surface area contributed by atoms with Gasteiger partial charge in [0.05, 0.1) is 18.8 Å². The third-order valence-electron chi connectivity index (χ3n) is 3.57. The average Bonchev–Trinajstić information content (AvgIpc) is 2.43. The van der Waals surface area contributed by atoms with Gasteiger partial charge in [0.15, 0.2) is 0 Å². The molecule has 20 heavy (non-hydrogen) atoms. The summed E-state index contributed by atoms with van der Waals surface area (Å²) in [7, 11) is 0. The molecular formula is C16H26N2O2. The maximum Gasteiger partial charge on any atom is 0.123 e. The lowest BCUT2D eigenvalue weighted by atomic mass is 10.1. The summed E-state index contributed by atoms with van der Waals surface area (Å²) in [6.45, 7) is 9.43. The number of hydrogen-bond acceptors (Lipinski definition) is 4. The Labute approximate surface area is 121 Å². The van der Waals surface area contributed by atoms with E-state index in [9.17, 15) is 0 Å². The first-order chi connectivity index (χ1) is 9.61. The van der Waals surface area contributed by atoms with E-state index in [0.29, 0.717) is 6.54 Å². The smallest absolute Gasteiger partial charge is 0.123 e. The van der Waals surface area contributed by atoms with Gasteiger partial charge >= 0.3 is 0 Å². The molecule has 1 aromatic carbocycles. The van der Waals surface area contributed by atoms with Crippen LogP contribution in [0.25, 0.3) is 0 Å². The molecule has 4 heteroatoms. The molecule has 1 aliphatic heterocycles. The van der Waals surface area contributed by atoms with Gasteiger partial charge in [-0.25, -0.2) is 0 Å². The Hall–Kier alpha value is -1.10. The second kappa shape index (κ2) is 7.07. The minimum atomic E-state index is -0.0226. The van der Waals surface area contributed by atoms with Crippen molar-refractivity contribution in [1.29, 1.82) is 0 Å². The second-order valence-electron chi connectivity index (χ2n) is 5.90. The Bertz CT molecular complexity index is 421. The van der Waals surface area contributed by atoms with Gasteiger partial charge in [-0.2, -0.15) is 0 Å². The molecule has 4 nitrogen and oxygen atoms in total. The van der Waals surface area contributed by atoms with Crippen LogP contribution in [0, 0.1) is 0 Å². The molecule has 0 atom stereocenters. The molecule has 0 saturated carbocycles. The monoisotopic (exact) mass is 278 g/mol. The van der Waals surface area contributed by atoms with Crippen LogP contribution < -0.4 is 10.5 Å².